The van der Waals surface area contributed by atoms with Crippen molar-refractivity contribution in [2.24, 2.45) is 0 Å². The van der Waals surface area contributed by atoms with Crippen LogP contribution in [0.25, 0.3) is 28.2 Å². The van der Waals surface area contributed by atoms with E-state index in [1.54, 1.807) is 19.1 Å². The molecule has 6 rings (SSSR count). The molecule has 10 heteroatoms. The number of rotatable bonds is 3. The first-order valence-electron chi connectivity index (χ1n) is 11.7. The van der Waals surface area contributed by atoms with Crippen LogP contribution in [-0.4, -0.2) is 57.3 Å². The van der Waals surface area contributed by atoms with Crippen LogP contribution in [0.1, 0.15) is 12.5 Å². The number of piperazine rings is 1. The molecule has 2 aliphatic heterocycles. The topological polar surface area (TPSA) is 82.8 Å². The summed E-state index contributed by atoms with van der Waals surface area (Å²) < 4.78 is 16.7. The summed E-state index contributed by atoms with van der Waals surface area (Å²) in [6.07, 6.45) is 2.15. The lowest BCUT2D eigenvalue weighted by molar-refractivity contribution is -0.129. The van der Waals surface area contributed by atoms with Crippen molar-refractivity contribution in [3.63, 3.8) is 0 Å². The van der Waals surface area contributed by atoms with Gasteiger partial charge in [-0.15, -0.1) is 0 Å². The van der Waals surface area contributed by atoms with Crippen LogP contribution in [0.15, 0.2) is 48.7 Å². The number of carbonyl (C=O) groups is 2. The Morgan fingerprint density at radius 3 is 2.50 bits per heavy atom. The summed E-state index contributed by atoms with van der Waals surface area (Å²) >= 11 is 2.25. The molecule has 0 saturated carbocycles. The summed E-state index contributed by atoms with van der Waals surface area (Å²) in [7, 11) is 0. The molecule has 2 aromatic heterocycles. The summed E-state index contributed by atoms with van der Waals surface area (Å²) in [4.78, 5) is 37.6. The van der Waals surface area contributed by atoms with E-state index >= 15 is 0 Å². The Bertz CT molecular complexity index is 1530. The highest BCUT2D eigenvalue weighted by molar-refractivity contribution is 14.1. The standard InChI is InChI=1S/C26H22FIN6O2/c1-15(35)32-8-10-33(11-9-32)25-26-31-23(16-2-5-19(27)6-3-16)24(34(26)21(28)14-29-25)17-4-7-20-18(12-17)13-22(36)30-20/h2-7,12,14H,8-11,13H2,1H3,(H,30,36). The first-order chi connectivity index (χ1) is 17.4. The van der Waals surface area contributed by atoms with Crippen molar-refractivity contribution < 1.29 is 14.0 Å². The highest BCUT2D eigenvalue weighted by Crippen LogP contribution is 2.38. The molecule has 0 unspecified atom stereocenters. The Kier molecular flexibility index (Phi) is 5.62. The van der Waals surface area contributed by atoms with Gasteiger partial charge < -0.3 is 15.1 Å². The van der Waals surface area contributed by atoms with Crippen molar-refractivity contribution in [2.75, 3.05) is 36.4 Å². The third-order valence-electron chi connectivity index (χ3n) is 6.73. The van der Waals surface area contributed by atoms with Gasteiger partial charge in [0.05, 0.1) is 24.0 Å². The second-order valence-corrected chi connectivity index (χ2v) is 10.1. The Hall–Kier alpha value is -3.54. The van der Waals surface area contributed by atoms with E-state index in [2.05, 4.69) is 37.2 Å². The molecule has 1 N–H and O–H groups in total. The number of carbonyl (C=O) groups excluding carboxylic acids is 2. The van der Waals surface area contributed by atoms with E-state index in [9.17, 15) is 14.0 Å². The van der Waals surface area contributed by atoms with Crippen LogP contribution in [0.4, 0.5) is 15.9 Å². The van der Waals surface area contributed by atoms with Crippen molar-refractivity contribution in [1.82, 2.24) is 19.3 Å². The molecule has 1 fully saturated rings. The van der Waals surface area contributed by atoms with Gasteiger partial charge in [0.1, 0.15) is 9.52 Å². The van der Waals surface area contributed by atoms with Gasteiger partial charge in [-0.2, -0.15) is 0 Å². The van der Waals surface area contributed by atoms with Gasteiger partial charge in [0.2, 0.25) is 11.8 Å². The van der Waals surface area contributed by atoms with Crippen LogP contribution < -0.4 is 10.2 Å². The molecule has 4 heterocycles. The molecular weight excluding hydrogens is 574 g/mol. The van der Waals surface area contributed by atoms with Crippen molar-refractivity contribution in [1.29, 1.82) is 0 Å². The number of fused-ring (bicyclic) bond motifs is 2. The molecule has 0 bridgehead atoms. The number of aromatic nitrogens is 3. The largest absolute Gasteiger partial charge is 0.350 e. The fourth-order valence-corrected chi connectivity index (χ4v) is 5.53. The van der Waals surface area contributed by atoms with Crippen molar-refractivity contribution >= 4 is 51.6 Å². The number of benzene rings is 2. The fraction of sp³-hybridized carbons (Fsp3) is 0.231. The Morgan fingerprint density at radius 1 is 1.06 bits per heavy atom. The van der Waals surface area contributed by atoms with Crippen molar-refractivity contribution in [3.8, 4) is 22.5 Å². The molecule has 2 amide bonds. The number of hydrogen-bond donors (Lipinski definition) is 1. The van der Waals surface area contributed by atoms with Gasteiger partial charge in [0, 0.05) is 49.9 Å². The van der Waals surface area contributed by atoms with Crippen LogP contribution in [0.3, 0.4) is 0 Å². The second kappa shape index (κ2) is 8.84. The number of nitrogens with zero attached hydrogens (tertiary/aromatic N) is 5. The summed E-state index contributed by atoms with van der Waals surface area (Å²) in [6.45, 7) is 4.15. The number of nitrogens with one attached hydrogen (secondary N) is 1. The predicted octanol–water partition coefficient (Wildman–Crippen LogP) is 3.97. The van der Waals surface area contributed by atoms with E-state index in [4.69, 9.17) is 9.97 Å². The maximum atomic E-state index is 13.8. The number of amides is 2. The third kappa shape index (κ3) is 3.89. The molecule has 0 spiro atoms. The molecule has 0 aliphatic carbocycles. The van der Waals surface area contributed by atoms with Crippen LogP contribution in [0.2, 0.25) is 0 Å². The number of hydrogen-bond acceptors (Lipinski definition) is 5. The van der Waals surface area contributed by atoms with E-state index in [-0.39, 0.29) is 17.6 Å². The first-order valence-corrected chi connectivity index (χ1v) is 12.7. The molecule has 2 aromatic carbocycles. The van der Waals surface area contributed by atoms with Crippen LogP contribution in [0.5, 0.6) is 0 Å². The van der Waals surface area contributed by atoms with Gasteiger partial charge in [-0.3, -0.25) is 14.0 Å². The van der Waals surface area contributed by atoms with E-state index < -0.39 is 0 Å². The zero-order valence-electron chi connectivity index (χ0n) is 19.5. The molecule has 2 aliphatic rings. The van der Waals surface area contributed by atoms with Gasteiger partial charge >= 0.3 is 0 Å². The van der Waals surface area contributed by atoms with Gasteiger partial charge in [-0.1, -0.05) is 6.07 Å². The predicted molar refractivity (Wildman–Crippen MR) is 143 cm³/mol. The minimum absolute atomic E-state index is 0.0233. The molecule has 182 valence electrons. The zero-order chi connectivity index (χ0) is 25.0. The van der Waals surface area contributed by atoms with Gasteiger partial charge in [-0.25, -0.2) is 14.4 Å². The Morgan fingerprint density at radius 2 is 1.78 bits per heavy atom. The Labute approximate surface area is 220 Å². The lowest BCUT2D eigenvalue weighted by Crippen LogP contribution is -2.48. The molecule has 0 atom stereocenters. The molecule has 0 radical (unpaired) electrons. The summed E-state index contributed by atoms with van der Waals surface area (Å²) in [5.41, 5.74) is 5.71. The SMILES string of the molecule is CC(=O)N1CCN(c2ncc(I)n3c(-c4ccc5c(c4)CC(=O)N5)c(-c4ccc(F)cc4)nc23)CC1. The average Bonchev–Trinajstić information content (AvgIpc) is 3.45. The van der Waals surface area contributed by atoms with Gasteiger partial charge in [0.25, 0.3) is 0 Å². The minimum Gasteiger partial charge on any atom is -0.350 e. The van der Waals surface area contributed by atoms with Crippen molar-refractivity contribution in [3.05, 3.63) is 63.7 Å². The minimum atomic E-state index is -0.313. The highest BCUT2D eigenvalue weighted by atomic mass is 127. The lowest BCUT2D eigenvalue weighted by atomic mass is 10.0. The van der Waals surface area contributed by atoms with E-state index in [1.807, 2.05) is 29.3 Å². The molecule has 1 saturated heterocycles. The molecular formula is C26H22FIN6O2. The average molecular weight is 596 g/mol. The monoisotopic (exact) mass is 596 g/mol. The van der Waals surface area contributed by atoms with E-state index in [0.29, 0.717) is 43.9 Å². The smallest absolute Gasteiger partial charge is 0.228 e. The van der Waals surface area contributed by atoms with Crippen LogP contribution >= 0.6 is 22.6 Å². The number of imidazole rings is 1. The summed E-state index contributed by atoms with van der Waals surface area (Å²) in [6, 6.07) is 12.2. The second-order valence-electron chi connectivity index (χ2n) is 8.97. The molecule has 4 aromatic rings. The highest BCUT2D eigenvalue weighted by Gasteiger charge is 2.27. The maximum absolute atomic E-state index is 13.8. The molecule has 8 nitrogen and oxygen atoms in total. The van der Waals surface area contributed by atoms with Gasteiger partial charge in [-0.05, 0) is 64.6 Å². The van der Waals surface area contributed by atoms with Crippen LogP contribution in [0, 0.1) is 9.52 Å². The summed E-state index contributed by atoms with van der Waals surface area (Å²) in [5.74, 6) is 0.476. The number of halogens is 2. The quantitative estimate of drug-likeness (QED) is 0.362. The van der Waals surface area contributed by atoms with E-state index in [1.165, 1.54) is 12.1 Å². The van der Waals surface area contributed by atoms with Crippen LogP contribution in [-0.2, 0) is 16.0 Å². The normalized spacial score (nSPS) is 15.4. The van der Waals surface area contributed by atoms with Gasteiger partial charge in [0.15, 0.2) is 11.5 Å². The number of anilines is 2. The van der Waals surface area contributed by atoms with E-state index in [0.717, 1.165) is 37.6 Å². The van der Waals surface area contributed by atoms with Crippen molar-refractivity contribution in [2.45, 2.75) is 13.3 Å². The maximum Gasteiger partial charge on any atom is 0.228 e. The lowest BCUT2D eigenvalue weighted by Gasteiger charge is -2.34. The Balaban J connectivity index is 1.54. The molecule has 36 heavy (non-hydrogen) atoms. The summed E-state index contributed by atoms with van der Waals surface area (Å²) in [5, 5.41) is 2.89. The third-order valence-corrected chi connectivity index (χ3v) is 7.49. The fourth-order valence-electron chi connectivity index (χ4n) is 4.92. The first kappa shape index (κ1) is 22.9. The zero-order valence-corrected chi connectivity index (χ0v) is 21.6.